The van der Waals surface area contributed by atoms with Crippen LogP contribution in [0.25, 0.3) is 0 Å². The lowest BCUT2D eigenvalue weighted by molar-refractivity contribution is -0.104. The first-order valence-corrected chi connectivity index (χ1v) is 7.68. The lowest BCUT2D eigenvalue weighted by Crippen LogP contribution is -2.29. The molecule has 0 heterocycles. The van der Waals surface area contributed by atoms with Crippen LogP contribution in [0.5, 0.6) is 0 Å². The molecular weight excluding hydrogens is 256 g/mol. The van der Waals surface area contributed by atoms with Crippen molar-refractivity contribution in [2.75, 3.05) is 0 Å². The van der Waals surface area contributed by atoms with Gasteiger partial charge >= 0.3 is 0 Å². The van der Waals surface area contributed by atoms with Gasteiger partial charge in [0.1, 0.15) is 6.29 Å². The first-order chi connectivity index (χ1) is 9.86. The Labute approximate surface area is 129 Å². The number of allylic oxidation sites excluding steroid dienone is 10. The number of carbonyl (C=O) groups excluding carboxylic acids is 1. The third kappa shape index (κ3) is 5.71. The molecule has 0 saturated carbocycles. The molecule has 0 aromatic carbocycles. The number of hydrogen-bond donors (Lipinski definition) is 0. The molecule has 0 radical (unpaired) electrons. The Hall–Kier alpha value is -1.63. The highest BCUT2D eigenvalue weighted by atomic mass is 16.1. The lowest BCUT2D eigenvalue weighted by atomic mass is 9.67. The zero-order valence-corrected chi connectivity index (χ0v) is 14.0. The van der Waals surface area contributed by atoms with Crippen LogP contribution in [0.15, 0.2) is 59.8 Å². The van der Waals surface area contributed by atoms with E-state index < -0.39 is 0 Å². The molecule has 0 aromatic rings. The van der Waals surface area contributed by atoms with Crippen molar-refractivity contribution in [3.8, 4) is 0 Å². The molecule has 1 heteroatoms. The maximum atomic E-state index is 10.3. The van der Waals surface area contributed by atoms with Gasteiger partial charge in [0.15, 0.2) is 0 Å². The van der Waals surface area contributed by atoms with Crippen molar-refractivity contribution < 1.29 is 4.79 Å². The zero-order chi connectivity index (χ0) is 15.9. The van der Waals surface area contributed by atoms with Gasteiger partial charge < -0.3 is 0 Å². The maximum Gasteiger partial charge on any atom is 0.143 e. The summed E-state index contributed by atoms with van der Waals surface area (Å²) in [5, 5.41) is 0. The highest BCUT2D eigenvalue weighted by Crippen LogP contribution is 2.41. The summed E-state index contributed by atoms with van der Waals surface area (Å²) in [6.07, 6.45) is 18.7. The van der Waals surface area contributed by atoms with E-state index in [9.17, 15) is 4.79 Å². The summed E-state index contributed by atoms with van der Waals surface area (Å²) in [4.78, 5) is 10.3. The third-order valence-corrected chi connectivity index (χ3v) is 4.17. The predicted molar refractivity (Wildman–Crippen MR) is 92.1 cm³/mol. The molecule has 1 aliphatic carbocycles. The van der Waals surface area contributed by atoms with Gasteiger partial charge in [-0.3, -0.25) is 4.79 Å². The van der Waals surface area contributed by atoms with Gasteiger partial charge in [-0.25, -0.2) is 0 Å². The molecule has 0 bridgehead atoms. The number of carbonyl (C=O) groups is 1. The zero-order valence-electron chi connectivity index (χ0n) is 14.0. The standard InChI is InChI=1S/C20H28O/c1-16(8-6-9-17(2)13-15-21)11-12-19-18(3)10-7-14-20(19,4)5/h6-13,15,18-19H,14H2,1-5H3. The number of aldehydes is 1. The van der Waals surface area contributed by atoms with Crippen molar-refractivity contribution in [3.05, 3.63) is 59.8 Å². The van der Waals surface area contributed by atoms with E-state index in [0.717, 1.165) is 18.3 Å². The van der Waals surface area contributed by atoms with E-state index in [1.165, 1.54) is 5.57 Å². The number of rotatable bonds is 5. The fourth-order valence-electron chi connectivity index (χ4n) is 2.82. The van der Waals surface area contributed by atoms with Gasteiger partial charge in [0, 0.05) is 0 Å². The van der Waals surface area contributed by atoms with Crippen LogP contribution >= 0.6 is 0 Å². The second kappa shape index (κ2) is 7.97. The molecule has 0 amide bonds. The van der Waals surface area contributed by atoms with Gasteiger partial charge in [0.25, 0.3) is 0 Å². The van der Waals surface area contributed by atoms with Crippen molar-refractivity contribution in [1.82, 2.24) is 0 Å². The first kappa shape index (κ1) is 17.4. The SMILES string of the molecule is CC(C=CC=C(C)C=CC1C(C)C=CCC1(C)C)=CC=O. The molecule has 1 aliphatic rings. The molecule has 0 fully saturated rings. The molecule has 0 spiro atoms. The van der Waals surface area contributed by atoms with Gasteiger partial charge in [0.2, 0.25) is 0 Å². The van der Waals surface area contributed by atoms with Crippen LogP contribution in [0.2, 0.25) is 0 Å². The number of hydrogen-bond acceptors (Lipinski definition) is 1. The van der Waals surface area contributed by atoms with Crippen molar-refractivity contribution in [3.63, 3.8) is 0 Å². The van der Waals surface area contributed by atoms with Gasteiger partial charge in [-0.2, -0.15) is 0 Å². The molecule has 2 unspecified atom stereocenters. The fraction of sp³-hybridized carbons (Fsp3) is 0.450. The Morgan fingerprint density at radius 1 is 1.14 bits per heavy atom. The van der Waals surface area contributed by atoms with Crippen molar-refractivity contribution in [1.29, 1.82) is 0 Å². The smallest absolute Gasteiger partial charge is 0.143 e. The normalized spacial score (nSPS) is 26.7. The molecule has 1 nitrogen and oxygen atoms in total. The second-order valence-corrected chi connectivity index (χ2v) is 6.68. The molecule has 0 N–H and O–H groups in total. The van der Waals surface area contributed by atoms with E-state index >= 15 is 0 Å². The molecule has 1 rings (SSSR count). The van der Waals surface area contributed by atoms with Crippen LogP contribution in [0.4, 0.5) is 0 Å². The Morgan fingerprint density at radius 2 is 1.81 bits per heavy atom. The van der Waals surface area contributed by atoms with E-state index in [1.807, 2.05) is 19.1 Å². The summed E-state index contributed by atoms with van der Waals surface area (Å²) in [5.41, 5.74) is 2.51. The molecule has 0 saturated heterocycles. The molecule has 0 aliphatic heterocycles. The van der Waals surface area contributed by atoms with E-state index in [1.54, 1.807) is 6.08 Å². The summed E-state index contributed by atoms with van der Waals surface area (Å²) in [6.45, 7) is 11.0. The minimum Gasteiger partial charge on any atom is -0.299 e. The van der Waals surface area contributed by atoms with Crippen LogP contribution in [0.3, 0.4) is 0 Å². The highest BCUT2D eigenvalue weighted by molar-refractivity contribution is 5.66. The predicted octanol–water partition coefficient (Wildman–Crippen LogP) is 5.43. The summed E-state index contributed by atoms with van der Waals surface area (Å²) in [6, 6.07) is 0. The van der Waals surface area contributed by atoms with Gasteiger partial charge in [0.05, 0.1) is 0 Å². The van der Waals surface area contributed by atoms with Crippen LogP contribution in [-0.2, 0) is 4.79 Å². The largest absolute Gasteiger partial charge is 0.299 e. The molecule has 21 heavy (non-hydrogen) atoms. The molecular formula is C20H28O. The summed E-state index contributed by atoms with van der Waals surface area (Å²) in [5.74, 6) is 1.16. The Kier molecular flexibility index (Phi) is 6.61. The summed E-state index contributed by atoms with van der Waals surface area (Å²) < 4.78 is 0. The Morgan fingerprint density at radius 3 is 2.43 bits per heavy atom. The average Bonchev–Trinajstić information content (AvgIpc) is 2.37. The van der Waals surface area contributed by atoms with E-state index in [2.05, 4.69) is 58.1 Å². The lowest BCUT2D eigenvalue weighted by Gasteiger charge is -2.38. The topological polar surface area (TPSA) is 17.1 Å². The third-order valence-electron chi connectivity index (χ3n) is 4.17. The highest BCUT2D eigenvalue weighted by Gasteiger charge is 2.32. The van der Waals surface area contributed by atoms with Crippen molar-refractivity contribution in [2.45, 2.75) is 41.0 Å². The minimum atomic E-state index is 0.323. The van der Waals surface area contributed by atoms with E-state index in [-0.39, 0.29) is 0 Å². The summed E-state index contributed by atoms with van der Waals surface area (Å²) >= 11 is 0. The van der Waals surface area contributed by atoms with Crippen LogP contribution < -0.4 is 0 Å². The second-order valence-electron chi connectivity index (χ2n) is 6.68. The molecule has 0 aromatic heterocycles. The summed E-state index contributed by atoms with van der Waals surface area (Å²) in [7, 11) is 0. The average molecular weight is 284 g/mol. The van der Waals surface area contributed by atoms with Crippen LogP contribution in [0, 0.1) is 17.3 Å². The van der Waals surface area contributed by atoms with Gasteiger partial charge in [-0.05, 0) is 49.2 Å². The fourth-order valence-corrected chi connectivity index (χ4v) is 2.82. The Balaban J connectivity index is 2.73. The van der Waals surface area contributed by atoms with Crippen molar-refractivity contribution in [2.24, 2.45) is 17.3 Å². The van der Waals surface area contributed by atoms with E-state index in [4.69, 9.17) is 0 Å². The quantitative estimate of drug-likeness (QED) is 0.285. The van der Waals surface area contributed by atoms with E-state index in [0.29, 0.717) is 17.3 Å². The Bertz CT molecular complexity index is 498. The van der Waals surface area contributed by atoms with Crippen LogP contribution in [-0.4, -0.2) is 6.29 Å². The molecule has 114 valence electrons. The first-order valence-electron chi connectivity index (χ1n) is 7.68. The monoisotopic (exact) mass is 284 g/mol. The van der Waals surface area contributed by atoms with Gasteiger partial charge in [-0.15, -0.1) is 0 Å². The van der Waals surface area contributed by atoms with Crippen LogP contribution in [0.1, 0.15) is 41.0 Å². The maximum absolute atomic E-state index is 10.3. The minimum absolute atomic E-state index is 0.323. The molecule has 2 atom stereocenters. The van der Waals surface area contributed by atoms with Gasteiger partial charge in [-0.1, -0.05) is 68.9 Å². The van der Waals surface area contributed by atoms with Crippen molar-refractivity contribution >= 4 is 6.29 Å².